The highest BCUT2D eigenvalue weighted by atomic mass is 19.4. The Morgan fingerprint density at radius 1 is 1.06 bits per heavy atom. The van der Waals surface area contributed by atoms with E-state index < -0.39 is 11.9 Å². The average molecular weight is 445 g/mol. The molecule has 6 nitrogen and oxygen atoms in total. The first kappa shape index (κ1) is 22.0. The molecule has 4 rings (SSSR count). The largest absolute Gasteiger partial charge is 0.434 e. The van der Waals surface area contributed by atoms with Crippen LogP contribution in [0.25, 0.3) is 5.65 Å². The number of benzene rings is 1. The Bertz CT molecular complexity index is 1100. The Labute approximate surface area is 184 Å². The number of pyridine rings is 1. The second-order valence-corrected chi connectivity index (χ2v) is 8.37. The molecule has 2 N–H and O–H groups in total. The minimum absolute atomic E-state index is 0.0735. The molecule has 2 aromatic heterocycles. The topological polar surface area (TPSA) is 61.7 Å². The Hall–Kier alpha value is -3.23. The maximum atomic E-state index is 13.0. The van der Waals surface area contributed by atoms with Gasteiger partial charge in [-0.05, 0) is 56.0 Å². The lowest BCUT2D eigenvalue weighted by Crippen LogP contribution is -2.40. The summed E-state index contributed by atoms with van der Waals surface area (Å²) < 4.78 is 40.5. The lowest BCUT2D eigenvalue weighted by molar-refractivity contribution is -0.140. The first-order valence-electron chi connectivity index (χ1n) is 10.6. The van der Waals surface area contributed by atoms with Crippen molar-refractivity contribution in [1.29, 1.82) is 0 Å². The first-order chi connectivity index (χ1) is 15.2. The first-order valence-corrected chi connectivity index (χ1v) is 10.6. The number of hydrogen-bond acceptors (Lipinski definition) is 4. The van der Waals surface area contributed by atoms with Crippen LogP contribution in [0.2, 0.25) is 0 Å². The van der Waals surface area contributed by atoms with Crippen LogP contribution in [-0.2, 0) is 6.18 Å². The molecule has 3 aromatic rings. The smallest absolute Gasteiger partial charge is 0.378 e. The van der Waals surface area contributed by atoms with Crippen LogP contribution in [0.15, 0.2) is 48.7 Å². The van der Waals surface area contributed by atoms with Crippen molar-refractivity contribution in [3.63, 3.8) is 0 Å². The van der Waals surface area contributed by atoms with Crippen molar-refractivity contribution in [1.82, 2.24) is 14.7 Å². The van der Waals surface area contributed by atoms with Gasteiger partial charge in [0.25, 0.3) is 5.91 Å². The molecule has 1 amide bonds. The zero-order valence-corrected chi connectivity index (χ0v) is 18.0. The van der Waals surface area contributed by atoms with E-state index in [0.29, 0.717) is 11.4 Å². The van der Waals surface area contributed by atoms with E-state index in [9.17, 15) is 18.0 Å². The number of aromatic nitrogens is 2. The van der Waals surface area contributed by atoms with E-state index in [-0.39, 0.29) is 23.6 Å². The van der Waals surface area contributed by atoms with E-state index in [1.165, 1.54) is 4.40 Å². The number of imidazole rings is 1. The van der Waals surface area contributed by atoms with Crippen LogP contribution in [0.1, 0.15) is 41.7 Å². The predicted octanol–water partition coefficient (Wildman–Crippen LogP) is 4.57. The highest BCUT2D eigenvalue weighted by Crippen LogP contribution is 2.30. The summed E-state index contributed by atoms with van der Waals surface area (Å²) in [5, 5.41) is 6.46. The van der Waals surface area contributed by atoms with Gasteiger partial charge in [-0.15, -0.1) is 0 Å². The highest BCUT2D eigenvalue weighted by Gasteiger charge is 2.34. The Kier molecular flexibility index (Phi) is 5.99. The van der Waals surface area contributed by atoms with Crippen molar-refractivity contribution in [2.45, 2.75) is 43.9 Å². The third-order valence-corrected chi connectivity index (χ3v) is 5.82. The van der Waals surface area contributed by atoms with Gasteiger partial charge in [-0.3, -0.25) is 9.20 Å². The fourth-order valence-corrected chi connectivity index (χ4v) is 4.05. The van der Waals surface area contributed by atoms with Crippen LogP contribution in [0.5, 0.6) is 0 Å². The molecule has 0 atom stereocenters. The van der Waals surface area contributed by atoms with Gasteiger partial charge >= 0.3 is 6.18 Å². The fourth-order valence-electron chi connectivity index (χ4n) is 4.05. The number of rotatable bonds is 5. The van der Waals surface area contributed by atoms with Crippen LogP contribution < -0.4 is 15.5 Å². The van der Waals surface area contributed by atoms with Crippen molar-refractivity contribution >= 4 is 23.1 Å². The number of amides is 1. The summed E-state index contributed by atoms with van der Waals surface area (Å²) in [7, 11) is 3.86. The molecule has 0 spiro atoms. The van der Waals surface area contributed by atoms with Gasteiger partial charge in [0.05, 0.1) is 0 Å². The zero-order valence-electron chi connectivity index (χ0n) is 18.0. The molecular formula is C23H26F3N5O. The van der Waals surface area contributed by atoms with Crippen molar-refractivity contribution in [3.05, 3.63) is 59.9 Å². The summed E-state index contributed by atoms with van der Waals surface area (Å²) >= 11 is 0. The van der Waals surface area contributed by atoms with Crippen molar-refractivity contribution in [2.75, 3.05) is 24.3 Å². The molecule has 170 valence electrons. The van der Waals surface area contributed by atoms with Gasteiger partial charge in [-0.2, -0.15) is 13.2 Å². The molecule has 9 heteroatoms. The van der Waals surface area contributed by atoms with Crippen LogP contribution in [0.4, 0.5) is 24.7 Å². The van der Waals surface area contributed by atoms with Crippen molar-refractivity contribution < 1.29 is 18.0 Å². The number of hydrogen-bond donors (Lipinski definition) is 2. The summed E-state index contributed by atoms with van der Waals surface area (Å²) in [6.45, 7) is 0. The molecule has 0 saturated heterocycles. The van der Waals surface area contributed by atoms with Gasteiger partial charge in [0.2, 0.25) is 0 Å². The molecule has 1 saturated carbocycles. The number of alkyl halides is 3. The third-order valence-electron chi connectivity index (χ3n) is 5.82. The minimum atomic E-state index is -4.48. The third kappa shape index (κ3) is 4.81. The molecule has 32 heavy (non-hydrogen) atoms. The second-order valence-electron chi connectivity index (χ2n) is 8.37. The van der Waals surface area contributed by atoms with Gasteiger partial charge in [0.1, 0.15) is 11.5 Å². The Balaban J connectivity index is 1.36. The van der Waals surface area contributed by atoms with E-state index in [1.54, 1.807) is 24.3 Å². The van der Waals surface area contributed by atoms with Crippen LogP contribution >= 0.6 is 0 Å². The van der Waals surface area contributed by atoms with Gasteiger partial charge < -0.3 is 15.5 Å². The molecule has 0 bridgehead atoms. The highest BCUT2D eigenvalue weighted by molar-refractivity contribution is 5.95. The molecule has 0 unspecified atom stereocenters. The average Bonchev–Trinajstić information content (AvgIpc) is 3.21. The van der Waals surface area contributed by atoms with Crippen LogP contribution in [0.3, 0.4) is 0 Å². The lowest BCUT2D eigenvalue weighted by Gasteiger charge is -2.30. The van der Waals surface area contributed by atoms with Gasteiger partial charge in [-0.1, -0.05) is 12.1 Å². The van der Waals surface area contributed by atoms with Crippen LogP contribution in [-0.4, -0.2) is 41.5 Å². The van der Waals surface area contributed by atoms with E-state index in [4.69, 9.17) is 0 Å². The summed E-state index contributed by atoms with van der Waals surface area (Å²) in [5.41, 5.74) is 0.941. The standard InChI is InChI=1S/C23H26F3N5O/c1-30(2)18-6-3-5-15(13-18)22(32)28-17-11-9-16(10-12-17)27-20-7-4-8-21-29-19(14-31(20)21)23(24,25)26/h3-8,13-14,16-17,27H,9-12H2,1-2H3,(H,28,32). The minimum Gasteiger partial charge on any atom is -0.378 e. The number of halogens is 3. The monoisotopic (exact) mass is 445 g/mol. The van der Waals surface area contributed by atoms with Crippen molar-refractivity contribution in [2.24, 2.45) is 0 Å². The number of carbonyl (C=O) groups is 1. The molecule has 1 fully saturated rings. The van der Waals surface area contributed by atoms with Crippen LogP contribution in [0, 0.1) is 0 Å². The molecule has 1 aliphatic carbocycles. The van der Waals surface area contributed by atoms with E-state index in [0.717, 1.165) is 37.6 Å². The molecule has 2 heterocycles. The Morgan fingerprint density at radius 3 is 2.44 bits per heavy atom. The summed E-state index contributed by atoms with van der Waals surface area (Å²) in [6.07, 6.45) is -0.258. The van der Waals surface area contributed by atoms with Gasteiger partial charge in [-0.25, -0.2) is 4.98 Å². The normalized spacial score (nSPS) is 19.0. The number of fused-ring (bicyclic) bond motifs is 1. The van der Waals surface area contributed by atoms with E-state index in [1.807, 2.05) is 37.2 Å². The molecule has 0 aliphatic heterocycles. The van der Waals surface area contributed by atoms with E-state index in [2.05, 4.69) is 15.6 Å². The van der Waals surface area contributed by atoms with Crippen molar-refractivity contribution in [3.8, 4) is 0 Å². The maximum absolute atomic E-state index is 13.0. The quantitative estimate of drug-likeness (QED) is 0.604. The fraction of sp³-hybridized carbons (Fsp3) is 0.391. The summed E-state index contributed by atoms with van der Waals surface area (Å²) in [4.78, 5) is 18.3. The number of carbonyl (C=O) groups excluding carboxylic acids is 1. The zero-order chi connectivity index (χ0) is 22.9. The Morgan fingerprint density at radius 2 is 1.75 bits per heavy atom. The SMILES string of the molecule is CN(C)c1cccc(C(=O)NC2CCC(Nc3cccc4nc(C(F)(F)F)cn34)CC2)c1. The molecule has 1 aromatic carbocycles. The number of nitrogens with zero attached hydrogens (tertiary/aromatic N) is 3. The summed E-state index contributed by atoms with van der Waals surface area (Å²) in [5.74, 6) is 0.492. The predicted molar refractivity (Wildman–Crippen MR) is 118 cm³/mol. The number of anilines is 2. The van der Waals surface area contributed by atoms with Gasteiger partial charge in [0, 0.05) is 43.6 Å². The summed E-state index contributed by atoms with van der Waals surface area (Å²) in [6, 6.07) is 12.7. The second kappa shape index (κ2) is 8.72. The molecular weight excluding hydrogens is 419 g/mol. The van der Waals surface area contributed by atoms with Gasteiger partial charge in [0.15, 0.2) is 5.69 Å². The molecule has 0 radical (unpaired) electrons. The maximum Gasteiger partial charge on any atom is 0.434 e. The lowest BCUT2D eigenvalue weighted by atomic mass is 9.91. The molecule has 1 aliphatic rings. The number of nitrogens with one attached hydrogen (secondary N) is 2. The van der Waals surface area contributed by atoms with E-state index >= 15 is 0 Å².